The zero-order chi connectivity index (χ0) is 13.4. The van der Waals surface area contributed by atoms with Gasteiger partial charge in [-0.15, -0.1) is 0 Å². The fourth-order valence-corrected chi connectivity index (χ4v) is 4.31. The average Bonchev–Trinajstić information content (AvgIpc) is 2.96. The highest BCUT2D eigenvalue weighted by Crippen LogP contribution is 2.48. The Morgan fingerprint density at radius 3 is 2.79 bits per heavy atom. The second kappa shape index (κ2) is 5.45. The lowest BCUT2D eigenvalue weighted by Gasteiger charge is -2.27. The van der Waals surface area contributed by atoms with E-state index in [1.807, 2.05) is 0 Å². The average molecular weight is 323 g/mol. The Balaban J connectivity index is 1.56. The van der Waals surface area contributed by atoms with Crippen LogP contribution >= 0.6 is 15.9 Å². The lowest BCUT2D eigenvalue weighted by atomic mass is 9.88. The molecule has 1 aromatic rings. The van der Waals surface area contributed by atoms with Crippen LogP contribution in [0.25, 0.3) is 0 Å². The molecule has 2 N–H and O–H groups in total. The highest BCUT2D eigenvalue weighted by molar-refractivity contribution is 9.10. The third-order valence-electron chi connectivity index (χ3n) is 4.94. The van der Waals surface area contributed by atoms with Gasteiger partial charge in [-0.3, -0.25) is 0 Å². The van der Waals surface area contributed by atoms with Crippen molar-refractivity contribution >= 4 is 21.6 Å². The lowest BCUT2D eigenvalue weighted by molar-refractivity contribution is 0.214. The predicted molar refractivity (Wildman–Crippen MR) is 83.8 cm³/mol. The molecule has 19 heavy (non-hydrogen) atoms. The molecule has 2 saturated carbocycles. The number of anilines is 1. The number of rotatable bonds is 4. The third-order valence-corrected chi connectivity index (χ3v) is 5.67. The minimum Gasteiger partial charge on any atom is -0.398 e. The number of nitrogens with two attached hydrogens (primary N) is 1. The molecular weight excluding hydrogens is 300 g/mol. The van der Waals surface area contributed by atoms with Gasteiger partial charge in [0.15, 0.2) is 0 Å². The monoisotopic (exact) mass is 322 g/mol. The van der Waals surface area contributed by atoms with Crippen molar-refractivity contribution in [3.05, 3.63) is 28.2 Å². The molecule has 1 aromatic carbocycles. The largest absolute Gasteiger partial charge is 0.398 e. The van der Waals surface area contributed by atoms with E-state index in [-0.39, 0.29) is 0 Å². The summed E-state index contributed by atoms with van der Waals surface area (Å²) in [7, 11) is 2.24. The van der Waals surface area contributed by atoms with Gasteiger partial charge in [0.25, 0.3) is 0 Å². The van der Waals surface area contributed by atoms with Crippen molar-refractivity contribution < 1.29 is 0 Å². The van der Waals surface area contributed by atoms with Crippen LogP contribution < -0.4 is 5.73 Å². The molecule has 104 valence electrons. The normalized spacial score (nSPS) is 29.3. The highest BCUT2D eigenvalue weighted by atomic mass is 79.9. The van der Waals surface area contributed by atoms with Crippen LogP contribution in [-0.4, -0.2) is 18.5 Å². The molecule has 0 spiro atoms. The smallest absolute Gasteiger partial charge is 0.0461 e. The summed E-state index contributed by atoms with van der Waals surface area (Å²) in [4.78, 5) is 2.47. The van der Waals surface area contributed by atoms with Gasteiger partial charge >= 0.3 is 0 Å². The standard InChI is InChI=1S/C16H23BrN2/c1-19(9-12-3-5-15(17)16(18)8-12)10-14-7-11-2-4-13(14)6-11/h3,5,8,11,13-14H,2,4,6-7,9-10,18H2,1H3. The maximum atomic E-state index is 5.94. The Kier molecular flexibility index (Phi) is 3.86. The molecule has 3 unspecified atom stereocenters. The van der Waals surface area contributed by atoms with Gasteiger partial charge in [0.2, 0.25) is 0 Å². The van der Waals surface area contributed by atoms with Crippen molar-refractivity contribution in [1.82, 2.24) is 4.90 Å². The topological polar surface area (TPSA) is 29.3 Å². The van der Waals surface area contributed by atoms with Crippen molar-refractivity contribution in [1.29, 1.82) is 0 Å². The van der Waals surface area contributed by atoms with E-state index in [2.05, 4.69) is 46.1 Å². The number of benzene rings is 1. The van der Waals surface area contributed by atoms with Crippen LogP contribution in [-0.2, 0) is 6.54 Å². The molecule has 2 aliphatic rings. The number of halogens is 1. The first-order valence-electron chi connectivity index (χ1n) is 7.34. The summed E-state index contributed by atoms with van der Waals surface area (Å²) in [5, 5.41) is 0. The molecular formula is C16H23BrN2. The molecule has 0 saturated heterocycles. The van der Waals surface area contributed by atoms with Gasteiger partial charge in [0.05, 0.1) is 0 Å². The number of nitrogen functional groups attached to an aromatic ring is 1. The van der Waals surface area contributed by atoms with E-state index in [1.54, 1.807) is 0 Å². The SMILES string of the molecule is CN(Cc1ccc(Br)c(N)c1)CC1CC2CCC1C2. The summed E-state index contributed by atoms with van der Waals surface area (Å²) in [5.74, 6) is 3.01. The first-order chi connectivity index (χ1) is 9.11. The number of fused-ring (bicyclic) bond motifs is 2. The van der Waals surface area contributed by atoms with Gasteiger partial charge in [-0.2, -0.15) is 0 Å². The Bertz CT molecular complexity index is 460. The quantitative estimate of drug-likeness (QED) is 0.852. The molecule has 2 bridgehead atoms. The lowest BCUT2D eigenvalue weighted by Crippen LogP contribution is -2.28. The summed E-state index contributed by atoms with van der Waals surface area (Å²) in [6, 6.07) is 6.30. The minimum atomic E-state index is 0.839. The summed E-state index contributed by atoms with van der Waals surface area (Å²) in [6.07, 6.45) is 5.95. The second-order valence-corrected chi connectivity index (χ2v) is 7.34. The van der Waals surface area contributed by atoms with Gasteiger partial charge in [-0.25, -0.2) is 0 Å². The third kappa shape index (κ3) is 2.97. The Labute approximate surface area is 124 Å². The fourth-order valence-electron chi connectivity index (χ4n) is 4.07. The van der Waals surface area contributed by atoms with Gasteiger partial charge in [0, 0.05) is 23.2 Å². The van der Waals surface area contributed by atoms with Crippen molar-refractivity contribution in [3.8, 4) is 0 Å². The van der Waals surface area contributed by atoms with Crippen molar-refractivity contribution in [2.75, 3.05) is 19.3 Å². The summed E-state index contributed by atoms with van der Waals surface area (Å²) < 4.78 is 0.993. The second-order valence-electron chi connectivity index (χ2n) is 6.49. The predicted octanol–water partition coefficient (Wildman–Crippen LogP) is 3.90. The zero-order valence-electron chi connectivity index (χ0n) is 11.6. The van der Waals surface area contributed by atoms with E-state index in [0.717, 1.165) is 34.5 Å². The van der Waals surface area contributed by atoms with E-state index in [1.165, 1.54) is 37.8 Å². The van der Waals surface area contributed by atoms with Crippen molar-refractivity contribution in [2.45, 2.75) is 32.2 Å². The van der Waals surface area contributed by atoms with Gasteiger partial charge in [-0.05, 0) is 77.7 Å². The zero-order valence-corrected chi connectivity index (χ0v) is 13.2. The van der Waals surface area contributed by atoms with Crippen LogP contribution in [0, 0.1) is 17.8 Å². The molecule has 3 rings (SSSR count). The Morgan fingerprint density at radius 1 is 1.32 bits per heavy atom. The molecule has 2 aliphatic carbocycles. The van der Waals surface area contributed by atoms with Crippen LogP contribution in [0.1, 0.15) is 31.2 Å². The first kappa shape index (κ1) is 13.4. The maximum Gasteiger partial charge on any atom is 0.0461 e. The highest BCUT2D eigenvalue weighted by Gasteiger charge is 2.39. The molecule has 0 amide bonds. The summed E-state index contributed by atoms with van der Waals surface area (Å²) in [5.41, 5.74) is 8.09. The van der Waals surface area contributed by atoms with E-state index in [4.69, 9.17) is 5.73 Å². The first-order valence-corrected chi connectivity index (χ1v) is 8.13. The Hall–Kier alpha value is -0.540. The molecule has 2 nitrogen and oxygen atoms in total. The molecule has 3 atom stereocenters. The molecule has 0 radical (unpaired) electrons. The van der Waals surface area contributed by atoms with Gasteiger partial charge < -0.3 is 10.6 Å². The molecule has 0 aliphatic heterocycles. The van der Waals surface area contributed by atoms with Crippen LogP contribution in [0.2, 0.25) is 0 Å². The van der Waals surface area contributed by atoms with E-state index < -0.39 is 0 Å². The van der Waals surface area contributed by atoms with Crippen LogP contribution in [0.4, 0.5) is 5.69 Å². The van der Waals surface area contributed by atoms with Crippen LogP contribution in [0.3, 0.4) is 0 Å². The summed E-state index contributed by atoms with van der Waals surface area (Å²) >= 11 is 3.45. The maximum absolute atomic E-state index is 5.94. The number of hydrogen-bond donors (Lipinski definition) is 1. The molecule has 2 fully saturated rings. The Morgan fingerprint density at radius 2 is 2.16 bits per heavy atom. The molecule has 3 heteroatoms. The van der Waals surface area contributed by atoms with Crippen molar-refractivity contribution in [2.24, 2.45) is 17.8 Å². The molecule has 0 aromatic heterocycles. The van der Waals surface area contributed by atoms with Crippen LogP contribution in [0.15, 0.2) is 22.7 Å². The van der Waals surface area contributed by atoms with Gasteiger partial charge in [0.1, 0.15) is 0 Å². The van der Waals surface area contributed by atoms with Crippen molar-refractivity contribution in [3.63, 3.8) is 0 Å². The minimum absolute atomic E-state index is 0.839. The van der Waals surface area contributed by atoms with E-state index in [0.29, 0.717) is 0 Å². The molecule has 0 heterocycles. The van der Waals surface area contributed by atoms with E-state index in [9.17, 15) is 0 Å². The van der Waals surface area contributed by atoms with Crippen LogP contribution in [0.5, 0.6) is 0 Å². The van der Waals surface area contributed by atoms with E-state index >= 15 is 0 Å². The number of nitrogens with zero attached hydrogens (tertiary/aromatic N) is 1. The number of hydrogen-bond acceptors (Lipinski definition) is 2. The fraction of sp³-hybridized carbons (Fsp3) is 0.625. The summed E-state index contributed by atoms with van der Waals surface area (Å²) in [6.45, 7) is 2.25. The van der Waals surface area contributed by atoms with Gasteiger partial charge in [-0.1, -0.05) is 12.5 Å².